The van der Waals surface area contributed by atoms with E-state index in [0.717, 1.165) is 0 Å². The van der Waals surface area contributed by atoms with Crippen molar-refractivity contribution in [2.45, 2.75) is 0 Å². The van der Waals surface area contributed by atoms with Crippen molar-refractivity contribution in [2.24, 2.45) is 0 Å². The maximum Gasteiger partial charge on any atom is 1.00 e. The quantitative estimate of drug-likeness (QED) is 0.630. The molecule has 0 aromatic carbocycles. The van der Waals surface area contributed by atoms with Crippen LogP contribution >= 0.6 is 30.2 Å². The minimum atomic E-state index is -5.68. The van der Waals surface area contributed by atoms with Crippen LogP contribution in [0.4, 0.5) is 0 Å². The Hall–Kier alpha value is 1.12. The topological polar surface area (TPSA) is 136 Å². The third-order valence-corrected chi connectivity index (χ3v) is 1.80. The van der Waals surface area contributed by atoms with Crippen LogP contribution < -0.4 is 19.6 Å². The third-order valence-electron chi connectivity index (χ3n) is 0.200. The van der Waals surface area contributed by atoms with E-state index < -0.39 is 15.6 Å². The van der Waals surface area contributed by atoms with E-state index in [0.29, 0.717) is 0 Å². The van der Waals surface area contributed by atoms with Crippen molar-refractivity contribution in [1.82, 2.24) is 0 Å². The monoisotopic (exact) mass is 358 g/mol. The molecule has 0 saturated heterocycles. The molecule has 19 heavy (non-hydrogen) atoms. The largest absolute Gasteiger partial charge is 1.00 e. The van der Waals surface area contributed by atoms with Crippen molar-refractivity contribution < 1.29 is 35.9 Å². The van der Waals surface area contributed by atoms with Crippen LogP contribution in [0.25, 0.3) is 0 Å². The highest BCUT2D eigenvalue weighted by atomic mass is 31.3. The van der Waals surface area contributed by atoms with E-state index in [1.807, 2.05) is 0 Å². The van der Waals surface area contributed by atoms with Crippen LogP contribution in [0.3, 0.4) is 0 Å². The average Bonchev–Trinajstić information content (AvgIpc) is 1.63. The first kappa shape index (κ1) is 25.1. The molecule has 0 amide bonds. The highest BCUT2D eigenvalue weighted by Crippen LogP contribution is 2.42. The molecule has 0 saturated carbocycles. The summed E-state index contributed by atoms with van der Waals surface area (Å²) in [6, 6.07) is 0. The fraction of sp³-hybridized carbons (Fsp3) is 1.00. The molecule has 11 heteroatoms. The third kappa shape index (κ3) is 111. The van der Waals surface area contributed by atoms with E-state index in [4.69, 9.17) is 0 Å². The van der Waals surface area contributed by atoms with Crippen LogP contribution in [-0.4, -0.2) is 53.3 Å². The Bertz CT molecular complexity index is 284. The van der Waals surface area contributed by atoms with Crippen LogP contribution in [0.15, 0.2) is 0 Å². The average molecular weight is 358 g/mol. The molecular formula is C8H26O7P4. The summed E-state index contributed by atoms with van der Waals surface area (Å²) in [5, 5.41) is 0. The van der Waals surface area contributed by atoms with Crippen LogP contribution in [0.2, 0.25) is 0 Å². The molecule has 0 rings (SSSR count). The Morgan fingerprint density at radius 1 is 0.684 bits per heavy atom. The van der Waals surface area contributed by atoms with Crippen molar-refractivity contribution in [2.75, 3.05) is 53.3 Å². The number of hydrogen-bond donors (Lipinski definition) is 0. The lowest BCUT2D eigenvalue weighted by molar-refractivity contribution is -0.364. The van der Waals surface area contributed by atoms with Gasteiger partial charge in [0.1, 0.15) is 0 Å². The van der Waals surface area contributed by atoms with Gasteiger partial charge in [0.25, 0.3) is 0 Å². The van der Waals surface area contributed by atoms with E-state index >= 15 is 0 Å². The minimum absolute atomic E-state index is 0. The summed E-state index contributed by atoms with van der Waals surface area (Å²) in [7, 11) is -12.1. The molecule has 0 aliphatic heterocycles. The molecule has 0 aliphatic carbocycles. The number of hydrogen-bond acceptors (Lipinski definition) is 7. The summed E-state index contributed by atoms with van der Waals surface area (Å²) >= 11 is 0. The maximum atomic E-state index is 9.32. The molecule has 120 valence electrons. The molecule has 0 N–H and O–H groups in total. The summed E-state index contributed by atoms with van der Waals surface area (Å²) in [6.07, 6.45) is 0. The molecule has 0 radical (unpaired) electrons. The zero-order valence-electron chi connectivity index (χ0n) is 14.6. The Morgan fingerprint density at radius 3 is 0.789 bits per heavy atom. The van der Waals surface area contributed by atoms with Gasteiger partial charge in [0.05, 0.1) is 15.6 Å². The Kier molecular flexibility index (Phi) is 12.2. The van der Waals surface area contributed by atoms with E-state index in [1.54, 1.807) is 0 Å². The van der Waals surface area contributed by atoms with Crippen molar-refractivity contribution in [3.63, 3.8) is 0 Å². The van der Waals surface area contributed by atoms with Gasteiger partial charge in [-0.15, -0.1) is 0 Å². The van der Waals surface area contributed by atoms with Crippen molar-refractivity contribution in [1.29, 1.82) is 0 Å². The molecule has 0 spiro atoms. The molecular weight excluding hydrogens is 332 g/mol. The van der Waals surface area contributed by atoms with Gasteiger partial charge in [-0.1, -0.05) is 0 Å². The zero-order valence-corrected chi connectivity index (χ0v) is 16.2. The molecule has 0 fully saturated rings. The van der Waals surface area contributed by atoms with Crippen LogP contribution in [0.5, 0.6) is 0 Å². The first-order valence-corrected chi connectivity index (χ1v) is 15.1. The normalized spacial score (nSPS) is 12.8. The summed E-state index contributed by atoms with van der Waals surface area (Å²) < 4.78 is 21.2. The Morgan fingerprint density at radius 2 is 0.789 bits per heavy atom. The highest BCUT2D eigenvalue weighted by Gasteiger charge is 2.03. The molecule has 0 heterocycles. The van der Waals surface area contributed by atoms with Gasteiger partial charge in [0.2, 0.25) is 0 Å². The van der Waals surface area contributed by atoms with Gasteiger partial charge in [-0.25, -0.2) is 0 Å². The number of rotatable bonds is 2. The smallest absolute Gasteiger partial charge is 0.790 e. The van der Waals surface area contributed by atoms with Gasteiger partial charge in [-0.2, -0.15) is 0 Å². The van der Waals surface area contributed by atoms with E-state index in [1.165, 1.54) is 0 Å². The second-order valence-electron chi connectivity index (χ2n) is 6.34. The zero-order chi connectivity index (χ0) is 16.7. The van der Waals surface area contributed by atoms with E-state index in [2.05, 4.69) is 57.6 Å². The molecule has 0 bridgehead atoms. The Balaban J connectivity index is -0.0000000622. The predicted octanol–water partition coefficient (Wildman–Crippen LogP) is -0.0682. The second kappa shape index (κ2) is 9.20. The Labute approximate surface area is 120 Å². The lowest BCUT2D eigenvalue weighted by atomic mass is 11.8. The first-order valence-electron chi connectivity index (χ1n) is 5.04. The van der Waals surface area contributed by atoms with E-state index in [-0.39, 0.29) is 17.4 Å². The molecule has 0 aromatic rings. The molecule has 0 aliphatic rings. The maximum absolute atomic E-state index is 9.32. The van der Waals surface area contributed by atoms with Gasteiger partial charge < -0.3 is 33.0 Å². The second-order valence-corrected chi connectivity index (χ2v) is 19.5. The molecule has 0 atom stereocenters. The summed E-state index contributed by atoms with van der Waals surface area (Å²) in [5.41, 5.74) is 0. The molecule has 0 aromatic heterocycles. The first-order chi connectivity index (χ1) is 7.71. The van der Waals surface area contributed by atoms with Gasteiger partial charge in [-0.05, 0) is 0 Å². The van der Waals surface area contributed by atoms with Gasteiger partial charge in [0.15, 0.2) is 0 Å². The van der Waals surface area contributed by atoms with Crippen molar-refractivity contribution >= 4 is 30.2 Å². The van der Waals surface area contributed by atoms with E-state index in [9.17, 15) is 28.7 Å². The van der Waals surface area contributed by atoms with Crippen LogP contribution in [0.1, 0.15) is 2.85 Å². The highest BCUT2D eigenvalue weighted by molar-refractivity contribution is 7.73. The fourth-order valence-corrected chi connectivity index (χ4v) is 1.10. The predicted molar refractivity (Wildman–Crippen MR) is 79.8 cm³/mol. The summed E-state index contributed by atoms with van der Waals surface area (Å²) in [5.74, 6) is 0. The fourth-order valence-electron chi connectivity index (χ4n) is 0.122. The lowest BCUT2D eigenvalue weighted by Gasteiger charge is -2.39. The van der Waals surface area contributed by atoms with Crippen molar-refractivity contribution in [3.8, 4) is 0 Å². The standard InChI is InChI=1S/2C4H12P.H4O7P2/c2*1-5(2,3)4;1-8(2,3)7-9(4,5)6/h2*1-4H3;(H2,1,2,3)(H2,4,5,6)/q2*+1;/p-2. The van der Waals surface area contributed by atoms with Gasteiger partial charge in [-0.3, -0.25) is 0 Å². The van der Waals surface area contributed by atoms with Gasteiger partial charge >= 0.3 is 2.85 Å². The molecule has 7 nitrogen and oxygen atoms in total. The minimum Gasteiger partial charge on any atom is -0.790 e. The summed E-state index contributed by atoms with van der Waals surface area (Å²) in [4.78, 5) is 37.3. The molecule has 0 unspecified atom stereocenters. The van der Waals surface area contributed by atoms with Crippen LogP contribution in [-0.2, 0) is 13.4 Å². The van der Waals surface area contributed by atoms with Crippen LogP contribution in [0, 0.1) is 0 Å². The van der Waals surface area contributed by atoms with Gasteiger partial charge in [0, 0.05) is 67.8 Å². The number of phosphoric acid groups is 2. The lowest BCUT2D eigenvalue weighted by Crippen LogP contribution is -2.23. The summed E-state index contributed by atoms with van der Waals surface area (Å²) in [6.45, 7) is 18.4. The van der Waals surface area contributed by atoms with Crippen molar-refractivity contribution in [3.05, 3.63) is 0 Å². The SMILES string of the molecule is C[P+](C)(C)C.C[P+](C)(C)C.O=P([O-])([O-])OP(=O)([O-])[O-].[H+].[H+].